The number of benzene rings is 2. The Hall–Kier alpha value is -2.45. The van der Waals surface area contributed by atoms with Crippen LogP contribution in [-0.4, -0.2) is 30.8 Å². The van der Waals surface area contributed by atoms with Crippen molar-refractivity contribution < 1.29 is 4.39 Å². The van der Waals surface area contributed by atoms with Gasteiger partial charge < -0.3 is 0 Å². The molecule has 0 spiro atoms. The first-order valence-corrected chi connectivity index (χ1v) is 11.7. The highest BCUT2D eigenvalue weighted by Crippen LogP contribution is 2.30. The summed E-state index contributed by atoms with van der Waals surface area (Å²) in [5, 5.41) is 4.96. The van der Waals surface area contributed by atoms with E-state index in [-0.39, 0.29) is 23.0 Å². The standard InChI is InChI=1S/C22H18BrFN4OS/c23-14-5-7-15(8-6-14)27-20(17-3-1-2-4-19(17)24)26-21-18(22(27)29)13-25-28(21)16-9-11-30-12-10-16/h1-8,13,16H,9-12H2. The quantitative estimate of drug-likeness (QED) is 0.400. The van der Waals surface area contributed by atoms with Gasteiger partial charge in [-0.15, -0.1) is 0 Å². The molecule has 4 aromatic rings. The fourth-order valence-corrected chi connectivity index (χ4v) is 5.18. The Kier molecular flexibility index (Phi) is 5.20. The largest absolute Gasteiger partial charge is 0.269 e. The highest BCUT2D eigenvalue weighted by atomic mass is 79.9. The van der Waals surface area contributed by atoms with Crippen molar-refractivity contribution in [3.63, 3.8) is 0 Å². The van der Waals surface area contributed by atoms with Crippen LogP contribution in [0.1, 0.15) is 18.9 Å². The molecule has 152 valence electrons. The average Bonchev–Trinajstić information content (AvgIpc) is 3.20. The maximum Gasteiger partial charge on any atom is 0.269 e. The number of aromatic nitrogens is 4. The molecule has 3 heterocycles. The van der Waals surface area contributed by atoms with Gasteiger partial charge in [-0.1, -0.05) is 28.1 Å². The Morgan fingerprint density at radius 1 is 1.07 bits per heavy atom. The lowest BCUT2D eigenvalue weighted by molar-refractivity contribution is 0.437. The fourth-order valence-electron chi connectivity index (χ4n) is 3.83. The zero-order chi connectivity index (χ0) is 20.7. The smallest absolute Gasteiger partial charge is 0.268 e. The second-order valence-electron chi connectivity index (χ2n) is 7.20. The molecule has 0 atom stereocenters. The maximum atomic E-state index is 14.8. The number of rotatable bonds is 3. The van der Waals surface area contributed by atoms with E-state index in [0.717, 1.165) is 28.8 Å². The van der Waals surface area contributed by atoms with Crippen LogP contribution in [0.4, 0.5) is 4.39 Å². The summed E-state index contributed by atoms with van der Waals surface area (Å²) in [7, 11) is 0. The van der Waals surface area contributed by atoms with E-state index in [9.17, 15) is 9.18 Å². The molecule has 1 saturated heterocycles. The van der Waals surface area contributed by atoms with Gasteiger partial charge in [0.25, 0.3) is 5.56 Å². The van der Waals surface area contributed by atoms with E-state index < -0.39 is 5.82 Å². The van der Waals surface area contributed by atoms with Crippen LogP contribution in [0.3, 0.4) is 0 Å². The Balaban J connectivity index is 1.81. The normalized spacial score (nSPS) is 15.0. The van der Waals surface area contributed by atoms with Crippen LogP contribution < -0.4 is 5.56 Å². The summed E-state index contributed by atoms with van der Waals surface area (Å²) in [6.07, 6.45) is 3.55. The van der Waals surface area contributed by atoms with Crippen LogP contribution in [0.2, 0.25) is 0 Å². The Bertz CT molecular complexity index is 1280. The van der Waals surface area contributed by atoms with Crippen LogP contribution in [0.5, 0.6) is 0 Å². The van der Waals surface area contributed by atoms with E-state index in [1.165, 1.54) is 10.6 Å². The zero-order valence-corrected chi connectivity index (χ0v) is 18.4. The molecule has 0 N–H and O–H groups in total. The number of fused-ring (bicyclic) bond motifs is 1. The van der Waals surface area contributed by atoms with Gasteiger partial charge >= 0.3 is 0 Å². The Morgan fingerprint density at radius 2 is 1.80 bits per heavy atom. The monoisotopic (exact) mass is 484 g/mol. The second kappa shape index (κ2) is 8.00. The first-order valence-electron chi connectivity index (χ1n) is 9.72. The predicted molar refractivity (Wildman–Crippen MR) is 122 cm³/mol. The first-order chi connectivity index (χ1) is 14.6. The van der Waals surface area contributed by atoms with Crippen molar-refractivity contribution in [2.75, 3.05) is 11.5 Å². The number of hydrogen-bond acceptors (Lipinski definition) is 4. The molecule has 5 rings (SSSR count). The topological polar surface area (TPSA) is 52.7 Å². The summed E-state index contributed by atoms with van der Waals surface area (Å²) < 4.78 is 19.0. The van der Waals surface area contributed by atoms with Gasteiger partial charge in [0, 0.05) is 4.47 Å². The minimum absolute atomic E-state index is 0.202. The number of hydrogen-bond donors (Lipinski definition) is 0. The summed E-state index contributed by atoms with van der Waals surface area (Å²) >= 11 is 5.35. The lowest BCUT2D eigenvalue weighted by Gasteiger charge is -2.22. The second-order valence-corrected chi connectivity index (χ2v) is 9.34. The van der Waals surface area contributed by atoms with E-state index in [4.69, 9.17) is 4.98 Å². The fraction of sp³-hybridized carbons (Fsp3) is 0.227. The third-order valence-electron chi connectivity index (χ3n) is 5.36. The highest BCUT2D eigenvalue weighted by Gasteiger charge is 2.23. The minimum atomic E-state index is -0.422. The molecule has 2 aromatic heterocycles. The number of thioether (sulfide) groups is 1. The third-order valence-corrected chi connectivity index (χ3v) is 6.94. The number of halogens is 2. The van der Waals surface area contributed by atoms with Crippen molar-refractivity contribution in [2.45, 2.75) is 18.9 Å². The molecule has 0 radical (unpaired) electrons. The molecule has 0 aliphatic carbocycles. The highest BCUT2D eigenvalue weighted by molar-refractivity contribution is 9.10. The van der Waals surface area contributed by atoms with Gasteiger partial charge in [-0.05, 0) is 60.7 Å². The van der Waals surface area contributed by atoms with E-state index in [1.54, 1.807) is 24.4 Å². The Morgan fingerprint density at radius 3 is 2.53 bits per heavy atom. The molecule has 30 heavy (non-hydrogen) atoms. The van der Waals surface area contributed by atoms with Gasteiger partial charge in [-0.25, -0.2) is 14.1 Å². The summed E-state index contributed by atoms with van der Waals surface area (Å²) in [6, 6.07) is 13.9. The summed E-state index contributed by atoms with van der Waals surface area (Å²) in [4.78, 5) is 18.4. The van der Waals surface area contributed by atoms with Crippen LogP contribution in [-0.2, 0) is 0 Å². The molecular formula is C22H18BrFN4OS. The molecule has 1 aliphatic rings. The summed E-state index contributed by atoms with van der Waals surface area (Å²) in [6.45, 7) is 0. The molecule has 1 fully saturated rings. The molecular weight excluding hydrogens is 467 g/mol. The van der Waals surface area contributed by atoms with Crippen molar-refractivity contribution >= 4 is 38.7 Å². The van der Waals surface area contributed by atoms with E-state index in [1.807, 2.05) is 40.7 Å². The van der Waals surface area contributed by atoms with Crippen LogP contribution in [0, 0.1) is 5.82 Å². The predicted octanol–water partition coefficient (Wildman–Crippen LogP) is 5.22. The molecule has 0 amide bonds. The lowest BCUT2D eigenvalue weighted by Crippen LogP contribution is -2.23. The van der Waals surface area contributed by atoms with E-state index >= 15 is 0 Å². The van der Waals surface area contributed by atoms with Gasteiger partial charge in [-0.2, -0.15) is 16.9 Å². The third kappa shape index (κ3) is 3.37. The molecule has 0 saturated carbocycles. The molecule has 2 aromatic carbocycles. The van der Waals surface area contributed by atoms with Gasteiger partial charge in [-0.3, -0.25) is 9.36 Å². The van der Waals surface area contributed by atoms with Gasteiger partial charge in [0.1, 0.15) is 11.2 Å². The van der Waals surface area contributed by atoms with E-state index in [0.29, 0.717) is 16.7 Å². The molecule has 0 bridgehead atoms. The lowest BCUT2D eigenvalue weighted by atomic mass is 10.1. The Labute approximate surface area is 185 Å². The van der Waals surface area contributed by atoms with Crippen molar-refractivity contribution in [3.8, 4) is 17.1 Å². The van der Waals surface area contributed by atoms with E-state index in [2.05, 4.69) is 21.0 Å². The maximum absolute atomic E-state index is 14.8. The minimum Gasteiger partial charge on any atom is -0.268 e. The van der Waals surface area contributed by atoms with Crippen molar-refractivity contribution in [1.82, 2.24) is 19.3 Å². The molecule has 5 nitrogen and oxygen atoms in total. The van der Waals surface area contributed by atoms with Crippen LogP contribution in [0.25, 0.3) is 28.1 Å². The SMILES string of the molecule is O=c1c2cnn(C3CCSCC3)c2nc(-c2ccccc2F)n1-c1ccc(Br)cc1. The average molecular weight is 485 g/mol. The van der Waals surface area contributed by atoms with Gasteiger partial charge in [0.15, 0.2) is 11.5 Å². The van der Waals surface area contributed by atoms with Crippen molar-refractivity contribution in [3.05, 3.63) is 75.4 Å². The van der Waals surface area contributed by atoms with Crippen molar-refractivity contribution in [1.29, 1.82) is 0 Å². The van der Waals surface area contributed by atoms with Gasteiger partial charge in [0.05, 0.1) is 23.5 Å². The first kappa shape index (κ1) is 19.5. The van der Waals surface area contributed by atoms with Gasteiger partial charge in [0.2, 0.25) is 0 Å². The van der Waals surface area contributed by atoms with Crippen LogP contribution in [0.15, 0.2) is 64.0 Å². The number of nitrogens with zero attached hydrogens (tertiary/aromatic N) is 4. The van der Waals surface area contributed by atoms with Crippen LogP contribution >= 0.6 is 27.7 Å². The summed E-state index contributed by atoms with van der Waals surface area (Å²) in [5.41, 5.74) is 1.17. The molecule has 0 unspecified atom stereocenters. The molecule has 8 heteroatoms. The van der Waals surface area contributed by atoms with Crippen molar-refractivity contribution in [2.24, 2.45) is 0 Å². The summed E-state index contributed by atoms with van der Waals surface area (Å²) in [5.74, 6) is 1.97. The zero-order valence-electron chi connectivity index (χ0n) is 16.0. The molecule has 1 aliphatic heterocycles.